The lowest BCUT2D eigenvalue weighted by molar-refractivity contribution is -0.132. The van der Waals surface area contributed by atoms with E-state index in [9.17, 15) is 4.79 Å². The highest BCUT2D eigenvalue weighted by Gasteiger charge is 2.31. The molecular weight excluding hydrogens is 246 g/mol. The van der Waals surface area contributed by atoms with Crippen molar-refractivity contribution in [3.63, 3.8) is 0 Å². The Morgan fingerprint density at radius 1 is 1.22 bits per heavy atom. The van der Waals surface area contributed by atoms with Crippen LogP contribution in [0.5, 0.6) is 0 Å². The molecule has 1 aliphatic rings. The van der Waals surface area contributed by atoms with Crippen LogP contribution >= 0.6 is 11.6 Å². The first-order valence-electron chi connectivity index (χ1n) is 6.70. The molecule has 1 amide bonds. The number of carbonyl (C=O) groups excluding carboxylic acids is 1. The summed E-state index contributed by atoms with van der Waals surface area (Å²) in [5.41, 5.74) is 1.22. The van der Waals surface area contributed by atoms with Crippen molar-refractivity contribution < 1.29 is 4.79 Å². The third kappa shape index (κ3) is 4.02. The van der Waals surface area contributed by atoms with Crippen molar-refractivity contribution in [2.75, 3.05) is 5.88 Å². The molecule has 18 heavy (non-hydrogen) atoms. The number of hydrogen-bond acceptors (Lipinski definition) is 1. The highest BCUT2D eigenvalue weighted by molar-refractivity contribution is 6.17. The Kier molecular flexibility index (Phi) is 5.06. The van der Waals surface area contributed by atoms with Gasteiger partial charge < -0.3 is 4.90 Å². The van der Waals surface area contributed by atoms with E-state index < -0.39 is 0 Å². The van der Waals surface area contributed by atoms with E-state index in [2.05, 4.69) is 12.1 Å². The standard InChI is InChI=1S/C15H20ClNO/c16-11-5-4-8-15(18)17(14-9-10-14)12-13-6-2-1-3-7-13/h1-3,6-7,14H,4-5,8-12H2. The van der Waals surface area contributed by atoms with E-state index >= 15 is 0 Å². The van der Waals surface area contributed by atoms with Gasteiger partial charge in [0.15, 0.2) is 0 Å². The van der Waals surface area contributed by atoms with Crippen molar-refractivity contribution in [3.05, 3.63) is 35.9 Å². The molecule has 2 rings (SSSR count). The van der Waals surface area contributed by atoms with Gasteiger partial charge in [-0.2, -0.15) is 0 Å². The quantitative estimate of drug-likeness (QED) is 0.545. The predicted molar refractivity (Wildman–Crippen MR) is 74.6 cm³/mol. The summed E-state index contributed by atoms with van der Waals surface area (Å²) >= 11 is 5.64. The molecule has 1 aliphatic carbocycles. The molecule has 1 aromatic carbocycles. The van der Waals surface area contributed by atoms with Gasteiger partial charge in [-0.15, -0.1) is 11.6 Å². The van der Waals surface area contributed by atoms with Gasteiger partial charge >= 0.3 is 0 Å². The number of hydrogen-bond donors (Lipinski definition) is 0. The minimum Gasteiger partial charge on any atom is -0.335 e. The first kappa shape index (κ1) is 13.4. The topological polar surface area (TPSA) is 20.3 Å². The Bertz CT molecular complexity index is 375. The Morgan fingerprint density at radius 2 is 1.94 bits per heavy atom. The summed E-state index contributed by atoms with van der Waals surface area (Å²) in [6, 6.07) is 10.7. The van der Waals surface area contributed by atoms with Crippen LogP contribution in [-0.4, -0.2) is 22.7 Å². The summed E-state index contributed by atoms with van der Waals surface area (Å²) in [6.07, 6.45) is 4.79. The summed E-state index contributed by atoms with van der Waals surface area (Å²) < 4.78 is 0. The van der Waals surface area contributed by atoms with E-state index in [-0.39, 0.29) is 5.91 Å². The number of carbonyl (C=O) groups is 1. The maximum absolute atomic E-state index is 12.2. The molecule has 0 radical (unpaired) electrons. The van der Waals surface area contributed by atoms with Crippen LogP contribution in [0.4, 0.5) is 0 Å². The molecule has 0 unspecified atom stereocenters. The molecule has 2 nitrogen and oxygen atoms in total. The first-order chi connectivity index (χ1) is 8.81. The molecule has 0 aliphatic heterocycles. The summed E-state index contributed by atoms with van der Waals surface area (Å²) in [7, 11) is 0. The number of amides is 1. The number of halogens is 1. The second kappa shape index (κ2) is 6.79. The minimum atomic E-state index is 0.284. The summed E-state index contributed by atoms with van der Waals surface area (Å²) in [4.78, 5) is 14.2. The summed E-state index contributed by atoms with van der Waals surface area (Å²) in [5, 5.41) is 0. The molecule has 0 saturated heterocycles. The van der Waals surface area contributed by atoms with Crippen LogP contribution in [-0.2, 0) is 11.3 Å². The Hall–Kier alpha value is -1.02. The Balaban J connectivity index is 1.89. The zero-order chi connectivity index (χ0) is 12.8. The van der Waals surface area contributed by atoms with Crippen LogP contribution in [0.15, 0.2) is 30.3 Å². The SMILES string of the molecule is O=C(CCCCCl)N(Cc1ccccc1)C1CC1. The average Bonchev–Trinajstić information content (AvgIpc) is 3.21. The largest absolute Gasteiger partial charge is 0.335 e. The fraction of sp³-hybridized carbons (Fsp3) is 0.533. The van der Waals surface area contributed by atoms with Crippen molar-refractivity contribution in [1.82, 2.24) is 4.90 Å². The number of benzene rings is 1. The average molecular weight is 266 g/mol. The lowest BCUT2D eigenvalue weighted by atomic mass is 10.2. The van der Waals surface area contributed by atoms with E-state index in [1.165, 1.54) is 5.56 Å². The number of nitrogens with zero attached hydrogens (tertiary/aromatic N) is 1. The molecule has 0 bridgehead atoms. The van der Waals surface area contributed by atoms with E-state index in [1.807, 2.05) is 23.1 Å². The lowest BCUT2D eigenvalue weighted by Crippen LogP contribution is -2.32. The smallest absolute Gasteiger partial charge is 0.223 e. The maximum atomic E-state index is 12.2. The minimum absolute atomic E-state index is 0.284. The molecule has 0 aromatic heterocycles. The summed E-state index contributed by atoms with van der Waals surface area (Å²) in [6.45, 7) is 0.755. The third-order valence-corrected chi connectivity index (χ3v) is 3.55. The van der Waals surface area contributed by atoms with Crippen LogP contribution in [0, 0.1) is 0 Å². The second-order valence-corrected chi connectivity index (χ2v) is 5.26. The molecule has 1 saturated carbocycles. The van der Waals surface area contributed by atoms with Crippen LogP contribution in [0.3, 0.4) is 0 Å². The van der Waals surface area contributed by atoms with Gasteiger partial charge in [-0.05, 0) is 31.2 Å². The first-order valence-corrected chi connectivity index (χ1v) is 7.24. The lowest BCUT2D eigenvalue weighted by Gasteiger charge is -2.22. The van der Waals surface area contributed by atoms with E-state index in [4.69, 9.17) is 11.6 Å². The zero-order valence-corrected chi connectivity index (χ0v) is 11.4. The molecule has 3 heteroatoms. The van der Waals surface area contributed by atoms with Crippen molar-refractivity contribution in [2.24, 2.45) is 0 Å². The molecular formula is C15H20ClNO. The van der Waals surface area contributed by atoms with Crippen LogP contribution < -0.4 is 0 Å². The molecule has 0 heterocycles. The van der Waals surface area contributed by atoms with Gasteiger partial charge in [-0.3, -0.25) is 4.79 Å². The fourth-order valence-electron chi connectivity index (χ4n) is 2.10. The number of alkyl halides is 1. The highest BCUT2D eigenvalue weighted by Crippen LogP contribution is 2.29. The molecule has 0 atom stereocenters. The van der Waals surface area contributed by atoms with Gasteiger partial charge in [-0.1, -0.05) is 30.3 Å². The maximum Gasteiger partial charge on any atom is 0.223 e. The molecule has 0 spiro atoms. The van der Waals surface area contributed by atoms with Crippen LogP contribution in [0.2, 0.25) is 0 Å². The highest BCUT2D eigenvalue weighted by atomic mass is 35.5. The Morgan fingerprint density at radius 3 is 2.56 bits per heavy atom. The number of unbranched alkanes of at least 4 members (excludes halogenated alkanes) is 1. The van der Waals surface area contributed by atoms with Crippen molar-refractivity contribution >= 4 is 17.5 Å². The van der Waals surface area contributed by atoms with Crippen molar-refractivity contribution in [1.29, 1.82) is 0 Å². The second-order valence-electron chi connectivity index (χ2n) is 4.88. The van der Waals surface area contributed by atoms with Crippen LogP contribution in [0.1, 0.15) is 37.7 Å². The van der Waals surface area contributed by atoms with Gasteiger partial charge in [-0.25, -0.2) is 0 Å². The van der Waals surface area contributed by atoms with Gasteiger partial charge in [0.1, 0.15) is 0 Å². The molecule has 0 N–H and O–H groups in total. The predicted octanol–water partition coefficient (Wildman–Crippen LogP) is 3.59. The Labute approximate surface area is 114 Å². The monoisotopic (exact) mass is 265 g/mol. The number of rotatable bonds is 7. The molecule has 98 valence electrons. The van der Waals surface area contributed by atoms with Gasteiger partial charge in [0.2, 0.25) is 5.91 Å². The van der Waals surface area contributed by atoms with Crippen LogP contribution in [0.25, 0.3) is 0 Å². The molecule has 1 aromatic rings. The van der Waals surface area contributed by atoms with Crippen molar-refractivity contribution in [2.45, 2.75) is 44.7 Å². The fourth-order valence-corrected chi connectivity index (χ4v) is 2.29. The van der Waals surface area contributed by atoms with E-state index in [0.717, 1.165) is 32.2 Å². The van der Waals surface area contributed by atoms with Crippen molar-refractivity contribution in [3.8, 4) is 0 Å². The normalized spacial score (nSPS) is 14.5. The van der Waals surface area contributed by atoms with E-state index in [0.29, 0.717) is 18.3 Å². The van der Waals surface area contributed by atoms with Gasteiger partial charge in [0.25, 0.3) is 0 Å². The van der Waals surface area contributed by atoms with Gasteiger partial charge in [0, 0.05) is 24.9 Å². The van der Waals surface area contributed by atoms with Gasteiger partial charge in [0.05, 0.1) is 0 Å². The van der Waals surface area contributed by atoms with E-state index in [1.54, 1.807) is 0 Å². The summed E-state index contributed by atoms with van der Waals surface area (Å²) in [5.74, 6) is 0.932. The zero-order valence-electron chi connectivity index (χ0n) is 10.6. The molecule has 1 fully saturated rings. The third-order valence-electron chi connectivity index (χ3n) is 3.28.